The topological polar surface area (TPSA) is 102 Å². The molecule has 0 unspecified atom stereocenters. The second kappa shape index (κ2) is 10.2. The number of carbonyl (C=O) groups excluding carboxylic acids is 2. The van der Waals surface area contributed by atoms with Crippen LogP contribution in [0.25, 0.3) is 0 Å². The van der Waals surface area contributed by atoms with E-state index in [0.29, 0.717) is 18.1 Å². The van der Waals surface area contributed by atoms with Gasteiger partial charge >= 0.3 is 6.03 Å². The number of carbonyl (C=O) groups is 2. The van der Waals surface area contributed by atoms with Crippen LogP contribution in [0.4, 0.5) is 16.3 Å². The largest absolute Gasteiger partial charge is 0.368 e. The molecule has 0 aromatic carbocycles. The molecule has 0 saturated carbocycles. The standard InChI is InChI=1S/C22H31N7O2/c1-5-24-22(31)27-20-15(2)17(8-9-25-20)14-28-10-12-29(13-11-28)19-7-6-18(21(30)23-4)26-16(19)3/h6-9H,5,10-14H2,1-4H3,(H,23,30)(H2,24,25,27,31). The van der Waals surface area contributed by atoms with E-state index in [-0.39, 0.29) is 11.9 Å². The van der Waals surface area contributed by atoms with Crippen LogP contribution in [0.3, 0.4) is 0 Å². The van der Waals surface area contributed by atoms with E-state index in [1.54, 1.807) is 19.3 Å². The molecule has 3 amide bonds. The average molecular weight is 426 g/mol. The number of hydrogen-bond donors (Lipinski definition) is 3. The maximum Gasteiger partial charge on any atom is 0.320 e. The highest BCUT2D eigenvalue weighted by Crippen LogP contribution is 2.22. The second-order valence-electron chi connectivity index (χ2n) is 7.57. The number of piperazine rings is 1. The van der Waals surface area contributed by atoms with Crippen molar-refractivity contribution in [3.8, 4) is 0 Å². The molecule has 1 saturated heterocycles. The van der Waals surface area contributed by atoms with Crippen LogP contribution in [0, 0.1) is 13.8 Å². The lowest BCUT2D eigenvalue weighted by molar-refractivity contribution is 0.0958. The minimum atomic E-state index is -0.240. The minimum absolute atomic E-state index is 0.173. The first-order valence-electron chi connectivity index (χ1n) is 10.6. The molecule has 2 aromatic rings. The lowest BCUT2D eigenvalue weighted by Crippen LogP contribution is -2.46. The van der Waals surface area contributed by atoms with Gasteiger partial charge in [-0.3, -0.25) is 15.0 Å². The Morgan fingerprint density at radius 2 is 1.84 bits per heavy atom. The van der Waals surface area contributed by atoms with Gasteiger partial charge in [0.1, 0.15) is 11.5 Å². The fourth-order valence-electron chi connectivity index (χ4n) is 3.72. The SMILES string of the molecule is CCNC(=O)Nc1nccc(CN2CCN(c3ccc(C(=O)NC)nc3C)CC2)c1C. The van der Waals surface area contributed by atoms with Crippen LogP contribution in [0.5, 0.6) is 0 Å². The van der Waals surface area contributed by atoms with Crippen molar-refractivity contribution in [3.63, 3.8) is 0 Å². The zero-order valence-electron chi connectivity index (χ0n) is 18.7. The Morgan fingerprint density at radius 3 is 2.48 bits per heavy atom. The predicted octanol–water partition coefficient (Wildman–Crippen LogP) is 1.92. The average Bonchev–Trinajstić information content (AvgIpc) is 2.76. The van der Waals surface area contributed by atoms with E-state index in [2.05, 4.69) is 35.7 Å². The number of amides is 3. The van der Waals surface area contributed by atoms with Crippen LogP contribution >= 0.6 is 0 Å². The zero-order valence-corrected chi connectivity index (χ0v) is 18.7. The Morgan fingerprint density at radius 1 is 1.10 bits per heavy atom. The molecule has 1 aliphatic heterocycles. The van der Waals surface area contributed by atoms with E-state index in [1.165, 1.54) is 0 Å². The fourth-order valence-corrected chi connectivity index (χ4v) is 3.72. The zero-order chi connectivity index (χ0) is 22.4. The van der Waals surface area contributed by atoms with Crippen LogP contribution in [0.2, 0.25) is 0 Å². The summed E-state index contributed by atoms with van der Waals surface area (Å²) in [5.41, 5.74) is 4.51. The highest BCUT2D eigenvalue weighted by molar-refractivity contribution is 5.92. The molecule has 9 heteroatoms. The van der Waals surface area contributed by atoms with E-state index in [0.717, 1.165) is 55.2 Å². The van der Waals surface area contributed by atoms with E-state index in [4.69, 9.17) is 0 Å². The van der Waals surface area contributed by atoms with Gasteiger partial charge in [0.15, 0.2) is 0 Å². The van der Waals surface area contributed by atoms with Crippen LogP contribution in [0.15, 0.2) is 24.4 Å². The number of nitrogens with one attached hydrogen (secondary N) is 3. The van der Waals surface area contributed by atoms with Crippen molar-refractivity contribution in [2.24, 2.45) is 0 Å². The van der Waals surface area contributed by atoms with Gasteiger partial charge < -0.3 is 15.5 Å². The number of urea groups is 1. The molecule has 31 heavy (non-hydrogen) atoms. The van der Waals surface area contributed by atoms with Gasteiger partial charge in [-0.2, -0.15) is 0 Å². The van der Waals surface area contributed by atoms with Crippen molar-refractivity contribution in [2.75, 3.05) is 50.0 Å². The monoisotopic (exact) mass is 425 g/mol. The van der Waals surface area contributed by atoms with E-state index in [9.17, 15) is 9.59 Å². The van der Waals surface area contributed by atoms with Gasteiger partial charge in [0.05, 0.1) is 11.4 Å². The molecule has 0 radical (unpaired) electrons. The van der Waals surface area contributed by atoms with Crippen molar-refractivity contribution >= 4 is 23.4 Å². The molecule has 2 aromatic heterocycles. The molecule has 3 heterocycles. The summed E-state index contributed by atoms with van der Waals surface area (Å²) in [6.45, 7) is 10.8. The van der Waals surface area contributed by atoms with Crippen molar-refractivity contribution in [3.05, 3.63) is 46.9 Å². The van der Waals surface area contributed by atoms with Gasteiger partial charge in [-0.1, -0.05) is 0 Å². The summed E-state index contributed by atoms with van der Waals surface area (Å²) in [5, 5.41) is 8.15. The smallest absolute Gasteiger partial charge is 0.320 e. The minimum Gasteiger partial charge on any atom is -0.368 e. The first kappa shape index (κ1) is 22.5. The van der Waals surface area contributed by atoms with E-state index < -0.39 is 0 Å². The Balaban J connectivity index is 1.61. The van der Waals surface area contributed by atoms with Crippen LogP contribution in [-0.2, 0) is 6.54 Å². The molecule has 1 aliphatic rings. The Bertz CT molecular complexity index is 939. The molecule has 1 fully saturated rings. The highest BCUT2D eigenvalue weighted by atomic mass is 16.2. The number of hydrogen-bond acceptors (Lipinski definition) is 6. The van der Waals surface area contributed by atoms with Gasteiger partial charge in [-0.05, 0) is 50.1 Å². The molecule has 0 bridgehead atoms. The first-order chi connectivity index (χ1) is 14.9. The lowest BCUT2D eigenvalue weighted by Gasteiger charge is -2.36. The molecular formula is C22H31N7O2. The van der Waals surface area contributed by atoms with Gasteiger partial charge in [-0.15, -0.1) is 0 Å². The summed E-state index contributed by atoms with van der Waals surface area (Å²) >= 11 is 0. The summed E-state index contributed by atoms with van der Waals surface area (Å²) in [5.74, 6) is 0.424. The van der Waals surface area contributed by atoms with Crippen molar-refractivity contribution in [1.29, 1.82) is 0 Å². The number of nitrogens with zero attached hydrogens (tertiary/aromatic N) is 4. The third-order valence-corrected chi connectivity index (χ3v) is 5.51. The van der Waals surface area contributed by atoms with Crippen molar-refractivity contribution < 1.29 is 9.59 Å². The number of aromatic nitrogens is 2. The number of rotatable bonds is 6. The quantitative estimate of drug-likeness (QED) is 0.654. The third kappa shape index (κ3) is 5.49. The highest BCUT2D eigenvalue weighted by Gasteiger charge is 2.21. The van der Waals surface area contributed by atoms with E-state index in [1.807, 2.05) is 32.9 Å². The predicted molar refractivity (Wildman–Crippen MR) is 122 cm³/mol. The number of aryl methyl sites for hydroxylation is 1. The molecule has 9 nitrogen and oxygen atoms in total. The van der Waals surface area contributed by atoms with E-state index >= 15 is 0 Å². The Hall–Kier alpha value is -3.20. The van der Waals surface area contributed by atoms with Gasteiger partial charge in [0.25, 0.3) is 5.91 Å². The maximum atomic E-state index is 11.8. The summed E-state index contributed by atoms with van der Waals surface area (Å²) < 4.78 is 0. The molecule has 0 aliphatic carbocycles. The maximum absolute atomic E-state index is 11.8. The van der Waals surface area contributed by atoms with Crippen LogP contribution in [-0.4, -0.2) is 66.6 Å². The van der Waals surface area contributed by atoms with Gasteiger partial charge in [-0.25, -0.2) is 14.8 Å². The molecule has 3 rings (SSSR count). The number of pyridine rings is 2. The Kier molecular flexibility index (Phi) is 7.41. The van der Waals surface area contributed by atoms with Crippen molar-refractivity contribution in [1.82, 2.24) is 25.5 Å². The normalized spacial score (nSPS) is 14.3. The summed E-state index contributed by atoms with van der Waals surface area (Å²) in [7, 11) is 1.61. The Labute approximate surface area is 183 Å². The van der Waals surface area contributed by atoms with Crippen LogP contribution in [0.1, 0.15) is 34.2 Å². The molecule has 0 spiro atoms. The van der Waals surface area contributed by atoms with Gasteiger partial charge in [0.2, 0.25) is 0 Å². The molecule has 3 N–H and O–H groups in total. The first-order valence-corrected chi connectivity index (χ1v) is 10.6. The van der Waals surface area contributed by atoms with Crippen LogP contribution < -0.4 is 20.9 Å². The fraction of sp³-hybridized carbons (Fsp3) is 0.455. The third-order valence-electron chi connectivity index (χ3n) is 5.51. The summed E-state index contributed by atoms with van der Waals surface area (Å²) in [6, 6.07) is 5.53. The van der Waals surface area contributed by atoms with Gasteiger partial charge in [0, 0.05) is 52.5 Å². The lowest BCUT2D eigenvalue weighted by atomic mass is 10.1. The number of anilines is 2. The molecular weight excluding hydrogens is 394 g/mol. The summed E-state index contributed by atoms with van der Waals surface area (Å²) in [4.78, 5) is 37.1. The second-order valence-corrected chi connectivity index (χ2v) is 7.57. The van der Waals surface area contributed by atoms with Crippen molar-refractivity contribution in [2.45, 2.75) is 27.3 Å². The molecule has 0 atom stereocenters. The summed E-state index contributed by atoms with van der Waals surface area (Å²) in [6.07, 6.45) is 1.74. The molecule has 166 valence electrons.